The van der Waals surface area contributed by atoms with Crippen molar-refractivity contribution in [2.45, 2.75) is 0 Å². The summed E-state index contributed by atoms with van der Waals surface area (Å²) in [7, 11) is 0. The van der Waals surface area contributed by atoms with Crippen LogP contribution in [-0.2, 0) is 0 Å². The SMILES string of the molecule is c1ccc(-c2cccc(N(c3ccc(-c4ccc5c6ccccc6n(-c6ccccc6)c5c4)cc3)c3cccc(-c4ccccc4)c3-c3ccccc3-c3ccccc3)c2)cc1. The maximum atomic E-state index is 2.44. The van der Waals surface area contributed by atoms with E-state index in [2.05, 4.69) is 264 Å². The van der Waals surface area contributed by atoms with Crippen molar-refractivity contribution in [3.8, 4) is 61.3 Å². The van der Waals surface area contributed by atoms with E-state index >= 15 is 0 Å². The van der Waals surface area contributed by atoms with Crippen LogP contribution in [0.4, 0.5) is 17.1 Å². The number of anilines is 3. The van der Waals surface area contributed by atoms with Gasteiger partial charge < -0.3 is 9.47 Å². The van der Waals surface area contributed by atoms with E-state index in [4.69, 9.17) is 0 Å². The number of nitrogens with zero attached hydrogens (tertiary/aromatic N) is 2. The highest BCUT2D eigenvalue weighted by atomic mass is 15.1. The fourth-order valence-electron chi connectivity index (χ4n) is 9.13. The molecule has 0 spiro atoms. The lowest BCUT2D eigenvalue weighted by Gasteiger charge is -2.30. The lowest BCUT2D eigenvalue weighted by atomic mass is 9.87. The maximum absolute atomic E-state index is 2.44. The van der Waals surface area contributed by atoms with Crippen LogP contribution >= 0.6 is 0 Å². The molecule has 0 aliphatic heterocycles. The van der Waals surface area contributed by atoms with Gasteiger partial charge in [-0.3, -0.25) is 0 Å². The van der Waals surface area contributed by atoms with E-state index in [1.165, 1.54) is 66.3 Å². The first-order valence-corrected chi connectivity index (χ1v) is 21.3. The number of rotatable bonds is 9. The molecule has 11 rings (SSSR count). The van der Waals surface area contributed by atoms with Gasteiger partial charge in [-0.1, -0.05) is 200 Å². The van der Waals surface area contributed by atoms with Gasteiger partial charge in [0.2, 0.25) is 0 Å². The molecule has 0 radical (unpaired) electrons. The summed E-state index contributed by atoms with van der Waals surface area (Å²) in [5.74, 6) is 0. The van der Waals surface area contributed by atoms with Crippen LogP contribution in [0.1, 0.15) is 0 Å². The Hall–Kier alpha value is -8.20. The first-order valence-electron chi connectivity index (χ1n) is 21.3. The fourth-order valence-corrected chi connectivity index (χ4v) is 9.13. The number of para-hydroxylation sites is 2. The summed E-state index contributed by atoms with van der Waals surface area (Å²) >= 11 is 0. The van der Waals surface area contributed by atoms with Crippen molar-refractivity contribution < 1.29 is 0 Å². The molecule has 0 N–H and O–H groups in total. The predicted molar refractivity (Wildman–Crippen MR) is 263 cm³/mol. The average Bonchev–Trinajstić information content (AvgIpc) is 3.69. The molecule has 0 saturated heterocycles. The summed E-state index contributed by atoms with van der Waals surface area (Å²) in [6, 6.07) is 92.1. The highest BCUT2D eigenvalue weighted by Gasteiger charge is 2.23. The van der Waals surface area contributed by atoms with Gasteiger partial charge in [0.25, 0.3) is 0 Å². The van der Waals surface area contributed by atoms with Gasteiger partial charge in [0.05, 0.1) is 16.7 Å². The summed E-state index contributed by atoms with van der Waals surface area (Å²) in [4.78, 5) is 2.44. The zero-order valence-corrected chi connectivity index (χ0v) is 34.1. The second-order valence-electron chi connectivity index (χ2n) is 15.7. The van der Waals surface area contributed by atoms with Gasteiger partial charge in [-0.25, -0.2) is 0 Å². The summed E-state index contributed by atoms with van der Waals surface area (Å²) in [6.45, 7) is 0. The Morgan fingerprint density at radius 2 is 0.774 bits per heavy atom. The van der Waals surface area contributed by atoms with E-state index in [-0.39, 0.29) is 0 Å². The van der Waals surface area contributed by atoms with E-state index in [1.54, 1.807) is 0 Å². The van der Waals surface area contributed by atoms with E-state index in [0.29, 0.717) is 0 Å². The van der Waals surface area contributed by atoms with E-state index in [1.807, 2.05) is 0 Å². The molecule has 0 unspecified atom stereocenters. The number of hydrogen-bond donors (Lipinski definition) is 0. The molecular weight excluding hydrogens is 749 g/mol. The average molecular weight is 791 g/mol. The molecule has 10 aromatic carbocycles. The normalized spacial score (nSPS) is 11.2. The lowest BCUT2D eigenvalue weighted by Crippen LogP contribution is -2.12. The van der Waals surface area contributed by atoms with E-state index in [0.717, 1.165) is 33.9 Å². The molecule has 1 heterocycles. The summed E-state index contributed by atoms with van der Waals surface area (Å²) in [6.07, 6.45) is 0. The van der Waals surface area contributed by atoms with Crippen molar-refractivity contribution in [2.24, 2.45) is 0 Å². The molecule has 0 amide bonds. The quantitative estimate of drug-likeness (QED) is 0.141. The Bertz CT molecular complexity index is 3310. The van der Waals surface area contributed by atoms with Gasteiger partial charge >= 0.3 is 0 Å². The summed E-state index contributed by atoms with van der Waals surface area (Å²) in [5, 5.41) is 2.50. The molecule has 0 aliphatic rings. The highest BCUT2D eigenvalue weighted by Crippen LogP contribution is 2.48. The first-order chi connectivity index (χ1) is 30.8. The van der Waals surface area contributed by atoms with Gasteiger partial charge in [-0.05, 0) is 105 Å². The molecule has 2 heteroatoms. The van der Waals surface area contributed by atoms with Gasteiger partial charge in [-0.15, -0.1) is 0 Å². The third kappa shape index (κ3) is 6.74. The molecule has 62 heavy (non-hydrogen) atoms. The Labute approximate surface area is 362 Å². The van der Waals surface area contributed by atoms with Crippen molar-refractivity contribution in [3.63, 3.8) is 0 Å². The fraction of sp³-hybridized carbons (Fsp3) is 0. The Kier molecular flexibility index (Phi) is 9.57. The largest absolute Gasteiger partial charge is 0.310 e. The van der Waals surface area contributed by atoms with Crippen molar-refractivity contribution in [3.05, 3.63) is 255 Å². The lowest BCUT2D eigenvalue weighted by molar-refractivity contribution is 1.18. The molecule has 0 atom stereocenters. The number of benzene rings is 10. The van der Waals surface area contributed by atoms with Crippen LogP contribution in [0.25, 0.3) is 83.1 Å². The van der Waals surface area contributed by atoms with E-state index in [9.17, 15) is 0 Å². The van der Waals surface area contributed by atoms with Gasteiger partial charge in [-0.2, -0.15) is 0 Å². The molecule has 0 saturated carbocycles. The third-order valence-electron chi connectivity index (χ3n) is 12.0. The Morgan fingerprint density at radius 1 is 0.274 bits per heavy atom. The van der Waals surface area contributed by atoms with Crippen molar-refractivity contribution in [1.82, 2.24) is 4.57 Å². The minimum atomic E-state index is 1.07. The molecule has 0 bridgehead atoms. The van der Waals surface area contributed by atoms with Gasteiger partial charge in [0.15, 0.2) is 0 Å². The topological polar surface area (TPSA) is 8.17 Å². The molecular formula is C60H42N2. The van der Waals surface area contributed by atoms with Crippen molar-refractivity contribution in [2.75, 3.05) is 4.90 Å². The molecule has 292 valence electrons. The van der Waals surface area contributed by atoms with Crippen LogP contribution in [-0.4, -0.2) is 4.57 Å². The summed E-state index contributed by atoms with van der Waals surface area (Å²) in [5.41, 5.74) is 18.5. The van der Waals surface area contributed by atoms with Crippen LogP contribution < -0.4 is 4.90 Å². The number of fused-ring (bicyclic) bond motifs is 3. The minimum absolute atomic E-state index is 1.07. The van der Waals surface area contributed by atoms with E-state index < -0.39 is 0 Å². The monoisotopic (exact) mass is 790 g/mol. The van der Waals surface area contributed by atoms with Gasteiger partial charge in [0.1, 0.15) is 0 Å². The molecule has 1 aromatic heterocycles. The second kappa shape index (κ2) is 16.1. The highest BCUT2D eigenvalue weighted by molar-refractivity contribution is 6.10. The van der Waals surface area contributed by atoms with Crippen LogP contribution in [0, 0.1) is 0 Å². The van der Waals surface area contributed by atoms with Crippen LogP contribution in [0.15, 0.2) is 255 Å². The van der Waals surface area contributed by atoms with Gasteiger partial charge in [0, 0.05) is 33.4 Å². The van der Waals surface area contributed by atoms with Crippen LogP contribution in [0.5, 0.6) is 0 Å². The second-order valence-corrected chi connectivity index (χ2v) is 15.7. The smallest absolute Gasteiger partial charge is 0.0547 e. The van der Waals surface area contributed by atoms with Crippen LogP contribution in [0.3, 0.4) is 0 Å². The standard InChI is InChI=1S/C60H42N2/c1-5-19-43(20-6-1)47-25-17-28-51(41-47)61(58-34-18-32-53(46-23-9-3-10-24-46)60(58)56-31-14-13-29-52(56)45-21-7-2-8-22-45)50-38-35-44(36-39-50)48-37-40-55-54-30-15-16-33-57(54)62(59(55)42-48)49-26-11-4-12-27-49/h1-42H. The Balaban J connectivity index is 1.11. The molecule has 0 aliphatic carbocycles. The molecule has 0 fully saturated rings. The van der Waals surface area contributed by atoms with Crippen molar-refractivity contribution in [1.29, 1.82) is 0 Å². The molecule has 11 aromatic rings. The molecule has 2 nitrogen and oxygen atoms in total. The summed E-state index contributed by atoms with van der Waals surface area (Å²) < 4.78 is 2.39. The van der Waals surface area contributed by atoms with Crippen LogP contribution in [0.2, 0.25) is 0 Å². The predicted octanol–water partition coefficient (Wildman–Crippen LogP) is 16.6. The number of aromatic nitrogens is 1. The minimum Gasteiger partial charge on any atom is -0.310 e. The Morgan fingerprint density at radius 3 is 1.50 bits per heavy atom. The number of hydrogen-bond acceptors (Lipinski definition) is 1. The first kappa shape index (κ1) is 36.8. The zero-order chi connectivity index (χ0) is 41.2. The zero-order valence-electron chi connectivity index (χ0n) is 34.1. The maximum Gasteiger partial charge on any atom is 0.0547 e. The van der Waals surface area contributed by atoms with Crippen molar-refractivity contribution >= 4 is 38.9 Å². The third-order valence-corrected chi connectivity index (χ3v) is 12.0.